The number of aliphatic imine (C=N–C) groups is 1. The van der Waals surface area contributed by atoms with Gasteiger partial charge in [0.1, 0.15) is 5.69 Å². The maximum absolute atomic E-state index is 13.1. The molecule has 0 unspecified atom stereocenters. The fourth-order valence-corrected chi connectivity index (χ4v) is 0.863. The van der Waals surface area contributed by atoms with Gasteiger partial charge >= 0.3 is 0 Å². The number of halogens is 1. The Bertz CT molecular complexity index is 383. The first kappa shape index (κ1) is 10.2. The van der Waals surface area contributed by atoms with Crippen molar-refractivity contribution in [3.63, 3.8) is 0 Å². The van der Waals surface area contributed by atoms with Crippen LogP contribution in [0.2, 0.25) is 0 Å². The third-order valence-electron chi connectivity index (χ3n) is 1.59. The largest absolute Gasteiger partial charge is 0.381 e. The van der Waals surface area contributed by atoms with Gasteiger partial charge in [-0.2, -0.15) is 4.79 Å². The second-order valence-electron chi connectivity index (χ2n) is 2.45. The van der Waals surface area contributed by atoms with Gasteiger partial charge in [-0.3, -0.25) is 9.79 Å². The van der Waals surface area contributed by atoms with Crippen LogP contribution in [0.25, 0.3) is 0 Å². The molecule has 0 radical (unpaired) electrons. The average Bonchev–Trinajstić information content (AvgIpc) is 2.58. The maximum atomic E-state index is 13.1. The lowest BCUT2D eigenvalue weighted by molar-refractivity contribution is 0.0958. The molecule has 0 spiro atoms. The zero-order valence-electron chi connectivity index (χ0n) is 7.78. The van der Waals surface area contributed by atoms with Crippen LogP contribution in [-0.2, 0) is 0 Å². The highest BCUT2D eigenvalue weighted by Gasteiger charge is 2.15. The van der Waals surface area contributed by atoms with Crippen LogP contribution in [0, 0.1) is 0 Å². The van der Waals surface area contributed by atoms with Gasteiger partial charge in [-0.15, -0.1) is 0 Å². The molecule has 0 saturated heterocycles. The number of hydrogen-bond donors (Lipinski definition) is 2. The van der Waals surface area contributed by atoms with Gasteiger partial charge in [-0.25, -0.2) is 4.98 Å². The summed E-state index contributed by atoms with van der Waals surface area (Å²) in [5, 5.41) is 2.32. The molecule has 0 fully saturated rings. The van der Waals surface area contributed by atoms with E-state index in [1.807, 2.05) is 0 Å². The molecule has 0 aromatic carbocycles. The van der Waals surface area contributed by atoms with Crippen LogP contribution in [0.1, 0.15) is 16.3 Å². The minimum Gasteiger partial charge on any atom is -0.381 e. The number of imidazole rings is 1. The number of carbonyl (C=O) groups excluding carboxylic acids is 1. The van der Waals surface area contributed by atoms with Crippen molar-refractivity contribution in [1.82, 2.24) is 15.1 Å². The van der Waals surface area contributed by atoms with Crippen molar-refractivity contribution in [2.24, 2.45) is 10.7 Å². The summed E-state index contributed by atoms with van der Waals surface area (Å²) in [5.41, 5.74) is 5.30. The highest BCUT2D eigenvalue weighted by Crippen LogP contribution is 2.03. The number of nitrogens with zero attached hydrogens (tertiary/aromatic N) is 3. The Morgan fingerprint density at radius 1 is 1.79 bits per heavy atom. The molecule has 3 N–H and O–H groups in total. The van der Waals surface area contributed by atoms with Crippen LogP contribution in [0.3, 0.4) is 0 Å². The molecule has 1 amide bonds. The van der Waals surface area contributed by atoms with Crippen LogP contribution < -0.4 is 11.1 Å². The number of amides is 1. The molecule has 0 saturated carbocycles. The van der Waals surface area contributed by atoms with Gasteiger partial charge in [-0.1, -0.05) is 4.48 Å². The van der Waals surface area contributed by atoms with Gasteiger partial charge in [0.25, 0.3) is 5.91 Å². The molecule has 0 aliphatic carbocycles. The van der Waals surface area contributed by atoms with Crippen LogP contribution >= 0.6 is 0 Å². The summed E-state index contributed by atoms with van der Waals surface area (Å²) in [6.45, 7) is 0. The Labute approximate surface area is 79.6 Å². The van der Waals surface area contributed by atoms with Crippen molar-refractivity contribution >= 4 is 11.7 Å². The Morgan fingerprint density at radius 2 is 2.43 bits per heavy atom. The van der Waals surface area contributed by atoms with E-state index < -0.39 is 5.91 Å². The molecule has 0 atom stereocenters. The van der Waals surface area contributed by atoms with E-state index in [-0.39, 0.29) is 22.1 Å². The smallest absolute Gasteiger partial charge is 0.271 e. The molecular formula is C7H10FN5O. The first-order chi connectivity index (χ1) is 6.60. The standard InChI is InChI=1S/C7H10FN5O/c1-10-5(9)6-12-4(3-13(6)8)7(14)11-2/h3H,1-2H3,(H2,9,10)(H,11,14). The summed E-state index contributed by atoms with van der Waals surface area (Å²) < 4.78 is 13.1. The predicted molar refractivity (Wildman–Crippen MR) is 48.8 cm³/mol. The molecule has 76 valence electrons. The maximum Gasteiger partial charge on any atom is 0.271 e. The minimum absolute atomic E-state index is 0.0448. The van der Waals surface area contributed by atoms with Crippen LogP contribution in [0.4, 0.5) is 4.48 Å². The predicted octanol–water partition coefficient (Wildman–Crippen LogP) is -0.690. The summed E-state index contributed by atoms with van der Waals surface area (Å²) in [6.07, 6.45) is 0.937. The average molecular weight is 199 g/mol. The lowest BCUT2D eigenvalue weighted by Crippen LogP contribution is -2.19. The SMILES string of the molecule is CN=C(N)c1nc(C(=O)NC)cn1F. The number of rotatable bonds is 2. The molecule has 0 bridgehead atoms. The molecule has 0 aliphatic rings. The molecule has 1 rings (SSSR count). The number of aromatic nitrogens is 2. The summed E-state index contributed by atoms with van der Waals surface area (Å²) in [6, 6.07) is 0. The van der Waals surface area contributed by atoms with Crippen LogP contribution in [-0.4, -0.2) is 35.6 Å². The Kier molecular flexibility index (Phi) is 2.80. The first-order valence-corrected chi connectivity index (χ1v) is 3.80. The molecule has 14 heavy (non-hydrogen) atoms. The van der Waals surface area contributed by atoms with Crippen molar-refractivity contribution in [1.29, 1.82) is 0 Å². The Balaban J connectivity index is 3.11. The van der Waals surface area contributed by atoms with E-state index in [2.05, 4.69) is 15.3 Å². The summed E-state index contributed by atoms with van der Waals surface area (Å²) in [7, 11) is 2.83. The van der Waals surface area contributed by atoms with Crippen molar-refractivity contribution in [3.8, 4) is 0 Å². The third kappa shape index (κ3) is 1.70. The number of amidine groups is 1. The topological polar surface area (TPSA) is 85.3 Å². The molecule has 1 aromatic heterocycles. The minimum atomic E-state index is -0.480. The normalized spacial score (nSPS) is 11.5. The van der Waals surface area contributed by atoms with Crippen molar-refractivity contribution in [2.75, 3.05) is 14.1 Å². The molecule has 7 heteroatoms. The zero-order chi connectivity index (χ0) is 10.7. The van der Waals surface area contributed by atoms with Gasteiger partial charge in [0, 0.05) is 14.1 Å². The second kappa shape index (κ2) is 3.86. The van der Waals surface area contributed by atoms with Crippen molar-refractivity contribution in [2.45, 2.75) is 0 Å². The zero-order valence-corrected chi connectivity index (χ0v) is 7.78. The fourth-order valence-electron chi connectivity index (χ4n) is 0.863. The lowest BCUT2D eigenvalue weighted by Gasteiger charge is -1.93. The Hall–Kier alpha value is -1.92. The highest BCUT2D eigenvalue weighted by atomic mass is 19.2. The highest BCUT2D eigenvalue weighted by molar-refractivity contribution is 5.97. The van der Waals surface area contributed by atoms with Crippen LogP contribution in [0.5, 0.6) is 0 Å². The first-order valence-electron chi connectivity index (χ1n) is 3.80. The van der Waals surface area contributed by atoms with Gasteiger partial charge < -0.3 is 11.1 Å². The number of nitrogens with one attached hydrogen (secondary N) is 1. The summed E-state index contributed by atoms with van der Waals surface area (Å²) in [5.74, 6) is -0.722. The quantitative estimate of drug-likeness (QED) is 0.488. The van der Waals surface area contributed by atoms with Gasteiger partial charge in [0.05, 0.1) is 6.20 Å². The molecule has 1 heterocycles. The Morgan fingerprint density at radius 3 is 2.93 bits per heavy atom. The monoisotopic (exact) mass is 199 g/mol. The number of carbonyl (C=O) groups is 1. The summed E-state index contributed by atoms with van der Waals surface area (Å²) >= 11 is 0. The lowest BCUT2D eigenvalue weighted by atomic mass is 10.4. The second-order valence-corrected chi connectivity index (χ2v) is 2.45. The molecular weight excluding hydrogens is 189 g/mol. The van der Waals surface area contributed by atoms with E-state index in [1.165, 1.54) is 14.1 Å². The molecule has 1 aromatic rings. The van der Waals surface area contributed by atoms with E-state index >= 15 is 0 Å². The number of nitrogens with two attached hydrogens (primary N) is 1. The van der Waals surface area contributed by atoms with Gasteiger partial charge in [-0.05, 0) is 0 Å². The summed E-state index contributed by atoms with van der Waals surface area (Å²) in [4.78, 5) is 18.4. The van der Waals surface area contributed by atoms with E-state index in [4.69, 9.17) is 5.73 Å². The van der Waals surface area contributed by atoms with E-state index in [1.54, 1.807) is 0 Å². The van der Waals surface area contributed by atoms with Gasteiger partial charge in [0.2, 0.25) is 5.82 Å². The van der Waals surface area contributed by atoms with Gasteiger partial charge in [0.15, 0.2) is 5.84 Å². The third-order valence-corrected chi connectivity index (χ3v) is 1.59. The molecule has 6 nitrogen and oxygen atoms in total. The number of hydrogen-bond acceptors (Lipinski definition) is 3. The van der Waals surface area contributed by atoms with Crippen LogP contribution in [0.15, 0.2) is 11.2 Å². The van der Waals surface area contributed by atoms with Crippen molar-refractivity contribution < 1.29 is 9.28 Å². The van der Waals surface area contributed by atoms with Crippen molar-refractivity contribution in [3.05, 3.63) is 17.7 Å². The van der Waals surface area contributed by atoms with E-state index in [0.29, 0.717) is 0 Å². The fraction of sp³-hybridized carbons (Fsp3) is 0.286. The van der Waals surface area contributed by atoms with E-state index in [0.717, 1.165) is 6.20 Å². The molecule has 0 aliphatic heterocycles. The van der Waals surface area contributed by atoms with E-state index in [9.17, 15) is 9.28 Å².